The minimum Gasteiger partial charge on any atom is -0.487 e. The van der Waals surface area contributed by atoms with Crippen LogP contribution in [0.1, 0.15) is 6.92 Å². The third-order valence-electron chi connectivity index (χ3n) is 2.34. The van der Waals surface area contributed by atoms with Crippen molar-refractivity contribution in [2.75, 3.05) is 17.1 Å². The second kappa shape index (κ2) is 3.92. The van der Waals surface area contributed by atoms with Crippen molar-refractivity contribution in [3.8, 4) is 5.75 Å². The van der Waals surface area contributed by atoms with E-state index in [9.17, 15) is 8.42 Å². The van der Waals surface area contributed by atoms with Crippen LogP contribution in [0.15, 0.2) is 22.7 Å². The zero-order chi connectivity index (χ0) is 11.9. The summed E-state index contributed by atoms with van der Waals surface area (Å²) in [6, 6.07) is 5.35. The van der Waals surface area contributed by atoms with E-state index in [-0.39, 0.29) is 6.10 Å². The molecule has 0 N–H and O–H groups in total. The smallest absolute Gasteiger partial charge is 0.232 e. The molecule has 0 fully saturated rings. The average Bonchev–Trinajstić information content (AvgIpc) is 2.16. The SMILES string of the molecule is C[C@H]1CN(S(C)(=O)=O)c2cc(Br)ccc2O1. The van der Waals surface area contributed by atoms with Gasteiger partial charge < -0.3 is 4.74 Å². The standard InChI is InChI=1S/C10H12BrNO3S/c1-7-6-12(16(2,13)14)9-5-8(11)3-4-10(9)15-7/h3-5,7H,6H2,1-2H3/t7-/m0/s1. The highest BCUT2D eigenvalue weighted by molar-refractivity contribution is 9.10. The average molecular weight is 306 g/mol. The van der Waals surface area contributed by atoms with Crippen LogP contribution in [0.3, 0.4) is 0 Å². The van der Waals surface area contributed by atoms with Gasteiger partial charge in [-0.25, -0.2) is 8.42 Å². The molecular formula is C10H12BrNO3S. The van der Waals surface area contributed by atoms with Crippen LogP contribution in [0.25, 0.3) is 0 Å². The lowest BCUT2D eigenvalue weighted by Crippen LogP contribution is -2.41. The van der Waals surface area contributed by atoms with Crippen molar-refractivity contribution in [2.24, 2.45) is 0 Å². The lowest BCUT2D eigenvalue weighted by molar-refractivity contribution is 0.219. The topological polar surface area (TPSA) is 46.6 Å². The molecule has 0 bridgehead atoms. The number of anilines is 1. The predicted molar refractivity (Wildman–Crippen MR) is 66.4 cm³/mol. The van der Waals surface area contributed by atoms with Gasteiger partial charge in [0.25, 0.3) is 0 Å². The first kappa shape index (κ1) is 11.7. The lowest BCUT2D eigenvalue weighted by Gasteiger charge is -2.33. The fourth-order valence-corrected chi connectivity index (χ4v) is 3.01. The molecule has 2 rings (SSSR count). The van der Waals surface area contributed by atoms with E-state index in [1.165, 1.54) is 10.6 Å². The lowest BCUT2D eigenvalue weighted by atomic mass is 10.2. The Kier molecular flexibility index (Phi) is 2.88. The number of benzene rings is 1. The second-order valence-corrected chi connectivity index (χ2v) is 6.66. The first-order chi connectivity index (χ1) is 7.38. The molecule has 0 saturated heterocycles. The first-order valence-corrected chi connectivity index (χ1v) is 7.46. The van der Waals surface area contributed by atoms with Crippen molar-refractivity contribution in [1.29, 1.82) is 0 Å². The monoisotopic (exact) mass is 305 g/mol. The summed E-state index contributed by atoms with van der Waals surface area (Å²) in [5, 5.41) is 0. The third-order valence-corrected chi connectivity index (χ3v) is 3.98. The van der Waals surface area contributed by atoms with Gasteiger partial charge in [-0.05, 0) is 25.1 Å². The van der Waals surface area contributed by atoms with E-state index in [0.717, 1.165) is 4.47 Å². The molecule has 0 unspecified atom stereocenters. The normalized spacial score (nSPS) is 20.2. The van der Waals surface area contributed by atoms with Gasteiger partial charge in [0.05, 0.1) is 18.5 Å². The molecule has 0 saturated carbocycles. The summed E-state index contributed by atoms with van der Waals surface area (Å²) in [7, 11) is -3.26. The van der Waals surface area contributed by atoms with Crippen LogP contribution in [0.2, 0.25) is 0 Å². The van der Waals surface area contributed by atoms with Crippen molar-refractivity contribution in [3.05, 3.63) is 22.7 Å². The highest BCUT2D eigenvalue weighted by atomic mass is 79.9. The molecule has 1 heterocycles. The maximum absolute atomic E-state index is 11.7. The van der Waals surface area contributed by atoms with Crippen LogP contribution >= 0.6 is 15.9 Å². The summed E-state index contributed by atoms with van der Waals surface area (Å²) < 4.78 is 31.1. The molecule has 1 aromatic carbocycles. The van der Waals surface area contributed by atoms with E-state index in [1.54, 1.807) is 12.1 Å². The van der Waals surface area contributed by atoms with Gasteiger partial charge in [-0.2, -0.15) is 0 Å². The number of sulfonamides is 1. The molecule has 0 aromatic heterocycles. The van der Waals surface area contributed by atoms with E-state index >= 15 is 0 Å². The first-order valence-electron chi connectivity index (χ1n) is 4.82. The fraction of sp³-hybridized carbons (Fsp3) is 0.400. The van der Waals surface area contributed by atoms with Gasteiger partial charge >= 0.3 is 0 Å². The Balaban J connectivity index is 2.56. The van der Waals surface area contributed by atoms with Crippen LogP contribution in [-0.4, -0.2) is 27.3 Å². The number of fused-ring (bicyclic) bond motifs is 1. The summed E-state index contributed by atoms with van der Waals surface area (Å²) in [5.74, 6) is 0.604. The Bertz CT molecular complexity index is 515. The van der Waals surface area contributed by atoms with Gasteiger partial charge in [0.2, 0.25) is 10.0 Å². The molecular weight excluding hydrogens is 294 g/mol. The Morgan fingerprint density at radius 3 is 2.81 bits per heavy atom. The summed E-state index contributed by atoms with van der Waals surface area (Å²) >= 11 is 3.32. The number of ether oxygens (including phenoxy) is 1. The summed E-state index contributed by atoms with van der Waals surface area (Å²) in [6.45, 7) is 2.20. The van der Waals surface area contributed by atoms with E-state index in [1.807, 2.05) is 13.0 Å². The minimum absolute atomic E-state index is 0.136. The van der Waals surface area contributed by atoms with Gasteiger partial charge in [0.15, 0.2) is 0 Å². The molecule has 0 amide bonds. The van der Waals surface area contributed by atoms with E-state index in [4.69, 9.17) is 4.74 Å². The predicted octanol–water partition coefficient (Wildman–Crippen LogP) is 2.00. The number of rotatable bonds is 1. The van der Waals surface area contributed by atoms with Crippen molar-refractivity contribution in [1.82, 2.24) is 0 Å². The summed E-state index contributed by atoms with van der Waals surface area (Å²) in [4.78, 5) is 0. The van der Waals surface area contributed by atoms with Crippen molar-refractivity contribution < 1.29 is 13.2 Å². The Hall–Kier alpha value is -0.750. The molecule has 4 nitrogen and oxygen atoms in total. The molecule has 1 atom stereocenters. The molecule has 1 aliphatic rings. The molecule has 0 radical (unpaired) electrons. The van der Waals surface area contributed by atoms with Crippen LogP contribution in [0, 0.1) is 0 Å². The number of hydrogen-bond donors (Lipinski definition) is 0. The summed E-state index contributed by atoms with van der Waals surface area (Å²) in [6.07, 6.45) is 1.07. The second-order valence-electron chi connectivity index (χ2n) is 3.83. The van der Waals surface area contributed by atoms with Crippen LogP contribution < -0.4 is 9.04 Å². The van der Waals surface area contributed by atoms with Gasteiger partial charge in [0, 0.05) is 4.47 Å². The maximum Gasteiger partial charge on any atom is 0.232 e. The number of hydrogen-bond acceptors (Lipinski definition) is 3. The highest BCUT2D eigenvalue weighted by Gasteiger charge is 2.28. The highest BCUT2D eigenvalue weighted by Crippen LogP contribution is 2.36. The molecule has 16 heavy (non-hydrogen) atoms. The molecule has 1 aromatic rings. The molecule has 6 heteroatoms. The zero-order valence-corrected chi connectivity index (χ0v) is 11.4. The van der Waals surface area contributed by atoms with Crippen LogP contribution in [0.4, 0.5) is 5.69 Å². The molecule has 88 valence electrons. The minimum atomic E-state index is -3.26. The maximum atomic E-state index is 11.7. The van der Waals surface area contributed by atoms with Crippen molar-refractivity contribution in [3.63, 3.8) is 0 Å². The summed E-state index contributed by atoms with van der Waals surface area (Å²) in [5.41, 5.74) is 0.593. The number of nitrogens with zero attached hydrogens (tertiary/aromatic N) is 1. The fourth-order valence-electron chi connectivity index (χ4n) is 1.69. The van der Waals surface area contributed by atoms with Crippen LogP contribution in [-0.2, 0) is 10.0 Å². The van der Waals surface area contributed by atoms with E-state index < -0.39 is 10.0 Å². The van der Waals surface area contributed by atoms with Gasteiger partial charge in [-0.3, -0.25) is 4.31 Å². The third kappa shape index (κ3) is 2.17. The molecule has 0 spiro atoms. The van der Waals surface area contributed by atoms with Crippen molar-refractivity contribution >= 4 is 31.6 Å². The van der Waals surface area contributed by atoms with E-state index in [0.29, 0.717) is 18.0 Å². The quantitative estimate of drug-likeness (QED) is 0.797. The Morgan fingerprint density at radius 2 is 2.19 bits per heavy atom. The molecule has 1 aliphatic heterocycles. The van der Waals surface area contributed by atoms with Gasteiger partial charge in [-0.15, -0.1) is 0 Å². The molecule has 0 aliphatic carbocycles. The Labute approximate surface area is 103 Å². The van der Waals surface area contributed by atoms with Gasteiger partial charge in [-0.1, -0.05) is 15.9 Å². The zero-order valence-electron chi connectivity index (χ0n) is 8.97. The Morgan fingerprint density at radius 1 is 1.50 bits per heavy atom. The van der Waals surface area contributed by atoms with Crippen LogP contribution in [0.5, 0.6) is 5.75 Å². The van der Waals surface area contributed by atoms with Gasteiger partial charge in [0.1, 0.15) is 11.9 Å². The van der Waals surface area contributed by atoms with Crippen molar-refractivity contribution in [2.45, 2.75) is 13.0 Å². The van der Waals surface area contributed by atoms with E-state index in [2.05, 4.69) is 15.9 Å². The number of halogens is 1. The largest absolute Gasteiger partial charge is 0.487 e.